The van der Waals surface area contributed by atoms with Crippen LogP contribution in [0.4, 0.5) is 0 Å². The van der Waals surface area contributed by atoms with Crippen LogP contribution < -0.4 is 0 Å². The molecule has 0 aliphatic rings. The molecule has 6 heteroatoms. The van der Waals surface area contributed by atoms with E-state index in [4.69, 9.17) is 11.6 Å². The molecule has 0 radical (unpaired) electrons. The largest absolute Gasteiger partial charge is 0.417 e. The molecule has 0 saturated carbocycles. The van der Waals surface area contributed by atoms with Gasteiger partial charge in [0.2, 0.25) is 5.78 Å². The quantitative estimate of drug-likeness (QED) is 0.475. The third-order valence-corrected chi connectivity index (χ3v) is 2.14. The molecule has 0 spiro atoms. The summed E-state index contributed by atoms with van der Waals surface area (Å²) in [4.78, 5) is 33.6. The summed E-state index contributed by atoms with van der Waals surface area (Å²) in [6.45, 7) is 2.23. The van der Waals surface area contributed by atoms with E-state index in [0.717, 1.165) is 13.8 Å². The van der Waals surface area contributed by atoms with Crippen molar-refractivity contribution in [2.75, 3.05) is 0 Å². The van der Waals surface area contributed by atoms with Gasteiger partial charge in [-0.1, -0.05) is 11.6 Å². The van der Waals surface area contributed by atoms with Crippen LogP contribution in [-0.4, -0.2) is 24.0 Å². The van der Waals surface area contributed by atoms with E-state index in [1.807, 2.05) is 0 Å². The molecule has 0 heterocycles. The average Bonchev–Trinajstić information content (AvgIpc) is 2.27. The standard InChI is InChI=1S/C12H11ClO5/c1-7(14)17-12(18-8(2)15)11(16)9-3-5-10(13)6-4-9/h3-6,12H,1-2H3. The third kappa shape index (κ3) is 4.18. The van der Waals surface area contributed by atoms with Crippen molar-refractivity contribution in [3.63, 3.8) is 0 Å². The number of ketones is 1. The molecule has 18 heavy (non-hydrogen) atoms. The third-order valence-electron chi connectivity index (χ3n) is 1.89. The van der Waals surface area contributed by atoms with Gasteiger partial charge in [-0.2, -0.15) is 0 Å². The number of carbonyl (C=O) groups is 3. The number of hydrogen-bond donors (Lipinski definition) is 0. The van der Waals surface area contributed by atoms with Crippen molar-refractivity contribution >= 4 is 29.3 Å². The molecule has 0 N–H and O–H groups in total. The monoisotopic (exact) mass is 270 g/mol. The summed E-state index contributed by atoms with van der Waals surface area (Å²) in [5.41, 5.74) is 0.229. The predicted octanol–water partition coefficient (Wildman–Crippen LogP) is 1.98. The molecule has 0 bridgehead atoms. The summed E-state index contributed by atoms with van der Waals surface area (Å²) in [5, 5.41) is 0.461. The Morgan fingerprint density at radius 3 is 1.83 bits per heavy atom. The van der Waals surface area contributed by atoms with Gasteiger partial charge in [-0.15, -0.1) is 0 Å². The Morgan fingerprint density at radius 1 is 1.00 bits per heavy atom. The van der Waals surface area contributed by atoms with Gasteiger partial charge in [-0.05, 0) is 24.3 Å². The van der Waals surface area contributed by atoms with Gasteiger partial charge < -0.3 is 9.47 Å². The van der Waals surface area contributed by atoms with E-state index in [1.54, 1.807) is 0 Å². The van der Waals surface area contributed by atoms with Crippen LogP contribution >= 0.6 is 11.6 Å². The number of Topliss-reactive ketones (excluding diaryl/α,β-unsaturated/α-hetero) is 1. The smallest absolute Gasteiger partial charge is 0.310 e. The van der Waals surface area contributed by atoms with Crippen LogP contribution in [0.3, 0.4) is 0 Å². The summed E-state index contributed by atoms with van der Waals surface area (Å²) in [6.07, 6.45) is -1.57. The van der Waals surface area contributed by atoms with Crippen LogP contribution in [0.5, 0.6) is 0 Å². The number of halogens is 1. The van der Waals surface area contributed by atoms with Crippen molar-refractivity contribution in [2.45, 2.75) is 20.1 Å². The van der Waals surface area contributed by atoms with Crippen molar-refractivity contribution in [3.8, 4) is 0 Å². The topological polar surface area (TPSA) is 69.7 Å². The van der Waals surface area contributed by atoms with Gasteiger partial charge in [-0.25, -0.2) is 0 Å². The van der Waals surface area contributed by atoms with E-state index in [2.05, 4.69) is 9.47 Å². The molecular weight excluding hydrogens is 260 g/mol. The molecule has 0 aromatic heterocycles. The van der Waals surface area contributed by atoms with Crippen LogP contribution in [0.2, 0.25) is 5.02 Å². The maximum Gasteiger partial charge on any atom is 0.310 e. The maximum atomic E-state index is 11.9. The minimum Gasteiger partial charge on any atom is -0.417 e. The Kier molecular flexibility index (Phi) is 4.85. The second-order valence-electron chi connectivity index (χ2n) is 3.42. The molecule has 1 aromatic rings. The molecule has 0 amide bonds. The molecule has 0 saturated heterocycles. The molecular formula is C12H11ClO5. The van der Waals surface area contributed by atoms with E-state index in [-0.39, 0.29) is 5.56 Å². The fourth-order valence-corrected chi connectivity index (χ4v) is 1.31. The highest BCUT2D eigenvalue weighted by Gasteiger charge is 2.25. The highest BCUT2D eigenvalue weighted by atomic mass is 35.5. The number of benzene rings is 1. The zero-order chi connectivity index (χ0) is 13.7. The van der Waals surface area contributed by atoms with E-state index in [0.29, 0.717) is 5.02 Å². The predicted molar refractivity (Wildman–Crippen MR) is 63.1 cm³/mol. The number of ether oxygens (including phenoxy) is 2. The Balaban J connectivity index is 2.90. The molecule has 96 valence electrons. The highest BCUT2D eigenvalue weighted by Crippen LogP contribution is 2.13. The number of esters is 2. The molecule has 5 nitrogen and oxygen atoms in total. The first-order valence-electron chi connectivity index (χ1n) is 5.04. The first-order chi connectivity index (χ1) is 8.40. The SMILES string of the molecule is CC(=O)OC(OC(C)=O)C(=O)c1ccc(Cl)cc1. The maximum absolute atomic E-state index is 11.9. The van der Waals surface area contributed by atoms with Crippen LogP contribution in [0.25, 0.3) is 0 Å². The summed E-state index contributed by atoms with van der Waals surface area (Å²) < 4.78 is 9.29. The lowest BCUT2D eigenvalue weighted by atomic mass is 10.1. The summed E-state index contributed by atoms with van der Waals surface area (Å²) in [6, 6.07) is 5.91. The van der Waals surface area contributed by atoms with Crippen LogP contribution in [-0.2, 0) is 19.1 Å². The molecule has 0 atom stereocenters. The summed E-state index contributed by atoms with van der Waals surface area (Å²) >= 11 is 5.68. The van der Waals surface area contributed by atoms with Gasteiger partial charge in [0.15, 0.2) is 0 Å². The van der Waals surface area contributed by atoms with Crippen molar-refractivity contribution < 1.29 is 23.9 Å². The zero-order valence-electron chi connectivity index (χ0n) is 9.81. The van der Waals surface area contributed by atoms with Crippen LogP contribution in [0, 0.1) is 0 Å². The highest BCUT2D eigenvalue weighted by molar-refractivity contribution is 6.30. The van der Waals surface area contributed by atoms with Crippen molar-refractivity contribution in [1.29, 1.82) is 0 Å². The molecule has 0 aliphatic carbocycles. The number of hydrogen-bond acceptors (Lipinski definition) is 5. The fraction of sp³-hybridized carbons (Fsp3) is 0.250. The molecule has 1 rings (SSSR count). The van der Waals surface area contributed by atoms with E-state index in [9.17, 15) is 14.4 Å². The minimum atomic E-state index is -1.57. The zero-order valence-corrected chi connectivity index (χ0v) is 10.6. The van der Waals surface area contributed by atoms with Gasteiger partial charge in [0.05, 0.1) is 0 Å². The average molecular weight is 271 g/mol. The number of carbonyl (C=O) groups excluding carboxylic acids is 3. The second-order valence-corrected chi connectivity index (χ2v) is 3.86. The number of rotatable bonds is 4. The van der Waals surface area contributed by atoms with Crippen LogP contribution in [0.15, 0.2) is 24.3 Å². The fourth-order valence-electron chi connectivity index (χ4n) is 1.18. The van der Waals surface area contributed by atoms with E-state index >= 15 is 0 Å². The van der Waals surface area contributed by atoms with Crippen molar-refractivity contribution in [3.05, 3.63) is 34.9 Å². The lowest BCUT2D eigenvalue weighted by Crippen LogP contribution is -2.31. The summed E-state index contributed by atoms with van der Waals surface area (Å²) in [5.74, 6) is -2.07. The van der Waals surface area contributed by atoms with Crippen molar-refractivity contribution in [1.82, 2.24) is 0 Å². The van der Waals surface area contributed by atoms with Gasteiger partial charge in [0.1, 0.15) is 0 Å². The lowest BCUT2D eigenvalue weighted by molar-refractivity contribution is -0.176. The Hall–Kier alpha value is -1.88. The van der Waals surface area contributed by atoms with E-state index in [1.165, 1.54) is 24.3 Å². The Bertz CT molecular complexity index is 450. The van der Waals surface area contributed by atoms with Crippen LogP contribution in [0.1, 0.15) is 24.2 Å². The first-order valence-corrected chi connectivity index (χ1v) is 5.42. The molecule has 1 aromatic carbocycles. The lowest BCUT2D eigenvalue weighted by Gasteiger charge is -2.15. The second kappa shape index (κ2) is 6.16. The Labute approximate surface area is 109 Å². The van der Waals surface area contributed by atoms with Gasteiger partial charge in [-0.3, -0.25) is 14.4 Å². The first kappa shape index (κ1) is 14.2. The van der Waals surface area contributed by atoms with E-state index < -0.39 is 24.0 Å². The normalized spacial score (nSPS) is 10.0. The van der Waals surface area contributed by atoms with Gasteiger partial charge in [0, 0.05) is 24.4 Å². The molecule has 0 fully saturated rings. The molecule has 0 aliphatic heterocycles. The van der Waals surface area contributed by atoms with Gasteiger partial charge >= 0.3 is 18.2 Å². The van der Waals surface area contributed by atoms with Crippen molar-refractivity contribution in [2.24, 2.45) is 0 Å². The summed E-state index contributed by atoms with van der Waals surface area (Å²) in [7, 11) is 0. The minimum absolute atomic E-state index is 0.229. The molecule has 0 unspecified atom stereocenters. The van der Waals surface area contributed by atoms with Gasteiger partial charge in [0.25, 0.3) is 0 Å². The Morgan fingerprint density at radius 2 is 1.44 bits per heavy atom.